The van der Waals surface area contributed by atoms with Gasteiger partial charge in [0.1, 0.15) is 12.2 Å². The number of aryl methyl sites for hydroxylation is 2. The van der Waals surface area contributed by atoms with Crippen LogP contribution in [0.1, 0.15) is 34.8 Å². The van der Waals surface area contributed by atoms with E-state index in [1.807, 2.05) is 13.0 Å². The topological polar surface area (TPSA) is 64.7 Å². The highest BCUT2D eigenvalue weighted by Gasteiger charge is 2.19. The van der Waals surface area contributed by atoms with Gasteiger partial charge in [-0.05, 0) is 44.5 Å². The van der Waals surface area contributed by atoms with Gasteiger partial charge in [0.15, 0.2) is 0 Å². The Hall–Kier alpha value is -2.45. The van der Waals surface area contributed by atoms with Crippen LogP contribution in [-0.4, -0.2) is 25.5 Å². The lowest BCUT2D eigenvalue weighted by Gasteiger charge is -2.10. The molecule has 1 aromatic carbocycles. The fourth-order valence-electron chi connectivity index (χ4n) is 3.03. The number of alkyl halides is 2. The Balaban J connectivity index is 1.77. The number of benzene rings is 1. The number of anilines is 1. The summed E-state index contributed by atoms with van der Waals surface area (Å²) in [6, 6.07) is 6.47. The second-order valence-electron chi connectivity index (χ2n) is 6.66. The van der Waals surface area contributed by atoms with Gasteiger partial charge in [-0.15, -0.1) is 0 Å². The van der Waals surface area contributed by atoms with Crippen molar-refractivity contribution < 1.29 is 13.6 Å². The smallest absolute Gasteiger partial charge is 0.280 e. The number of halogens is 4. The normalized spacial score (nSPS) is 11.3. The van der Waals surface area contributed by atoms with Gasteiger partial charge in [-0.2, -0.15) is 10.2 Å². The summed E-state index contributed by atoms with van der Waals surface area (Å²) in [5.74, 6) is -0.467. The lowest BCUT2D eigenvalue weighted by Crippen LogP contribution is -2.21. The lowest BCUT2D eigenvalue weighted by atomic mass is 10.2. The minimum Gasteiger partial charge on any atom is -0.321 e. The first-order valence-electron chi connectivity index (χ1n) is 8.76. The van der Waals surface area contributed by atoms with Crippen LogP contribution < -0.4 is 5.32 Å². The SMILES string of the molecule is Cc1cc(C(F)F)n(CC(=O)Nc2c(C)nn(Cc3ccc(Cl)cc3Cl)c2C)n1. The number of nitrogens with zero attached hydrogens (tertiary/aromatic N) is 4. The van der Waals surface area contributed by atoms with Crippen LogP contribution in [0.3, 0.4) is 0 Å². The predicted octanol–water partition coefficient (Wildman–Crippen LogP) is 4.94. The fraction of sp³-hybridized carbons (Fsp3) is 0.316. The molecule has 0 spiro atoms. The molecule has 10 heteroatoms. The van der Waals surface area contributed by atoms with E-state index in [4.69, 9.17) is 23.2 Å². The van der Waals surface area contributed by atoms with Gasteiger partial charge in [-0.25, -0.2) is 8.78 Å². The Morgan fingerprint density at radius 3 is 2.52 bits per heavy atom. The monoisotopic (exact) mass is 441 g/mol. The molecule has 0 unspecified atom stereocenters. The van der Waals surface area contributed by atoms with Gasteiger partial charge in [0, 0.05) is 10.0 Å². The number of carbonyl (C=O) groups is 1. The maximum absolute atomic E-state index is 13.1. The zero-order valence-corrected chi connectivity index (χ0v) is 17.5. The van der Waals surface area contributed by atoms with E-state index >= 15 is 0 Å². The number of amides is 1. The number of carbonyl (C=O) groups excluding carboxylic acids is 1. The van der Waals surface area contributed by atoms with Crippen LogP contribution in [-0.2, 0) is 17.9 Å². The maximum atomic E-state index is 13.1. The quantitative estimate of drug-likeness (QED) is 0.589. The van der Waals surface area contributed by atoms with Crippen LogP contribution in [0.2, 0.25) is 10.0 Å². The van der Waals surface area contributed by atoms with Crippen LogP contribution in [0.5, 0.6) is 0 Å². The van der Waals surface area contributed by atoms with Crippen molar-refractivity contribution in [2.24, 2.45) is 0 Å². The van der Waals surface area contributed by atoms with Gasteiger partial charge in [0.25, 0.3) is 6.43 Å². The van der Waals surface area contributed by atoms with Crippen LogP contribution in [0, 0.1) is 20.8 Å². The van der Waals surface area contributed by atoms with Crippen LogP contribution >= 0.6 is 23.2 Å². The Kier molecular flexibility index (Phi) is 6.24. The van der Waals surface area contributed by atoms with E-state index < -0.39 is 12.3 Å². The van der Waals surface area contributed by atoms with E-state index in [1.54, 1.807) is 30.7 Å². The van der Waals surface area contributed by atoms with E-state index in [1.165, 1.54) is 6.07 Å². The summed E-state index contributed by atoms with van der Waals surface area (Å²) in [5.41, 5.74) is 2.81. The summed E-state index contributed by atoms with van der Waals surface area (Å²) in [6.07, 6.45) is -2.71. The molecule has 1 amide bonds. The lowest BCUT2D eigenvalue weighted by molar-refractivity contribution is -0.117. The highest BCUT2D eigenvalue weighted by molar-refractivity contribution is 6.35. The number of aromatic nitrogens is 4. The van der Waals surface area contributed by atoms with Gasteiger partial charge in [-0.1, -0.05) is 29.3 Å². The summed E-state index contributed by atoms with van der Waals surface area (Å²) >= 11 is 12.2. The molecule has 0 bridgehead atoms. The summed E-state index contributed by atoms with van der Waals surface area (Å²) in [4.78, 5) is 12.4. The summed E-state index contributed by atoms with van der Waals surface area (Å²) < 4.78 is 28.9. The Morgan fingerprint density at radius 2 is 1.86 bits per heavy atom. The largest absolute Gasteiger partial charge is 0.321 e. The van der Waals surface area contributed by atoms with Crippen LogP contribution in [0.15, 0.2) is 24.3 Å². The molecule has 29 heavy (non-hydrogen) atoms. The van der Waals surface area contributed by atoms with Crippen molar-refractivity contribution in [2.75, 3.05) is 5.32 Å². The van der Waals surface area contributed by atoms with Crippen molar-refractivity contribution in [3.63, 3.8) is 0 Å². The van der Waals surface area contributed by atoms with Crippen molar-refractivity contribution in [3.8, 4) is 0 Å². The van der Waals surface area contributed by atoms with Crippen molar-refractivity contribution in [1.29, 1.82) is 0 Å². The molecular formula is C19H19Cl2F2N5O. The first-order chi connectivity index (χ1) is 13.7. The van der Waals surface area contributed by atoms with E-state index in [-0.39, 0.29) is 12.2 Å². The van der Waals surface area contributed by atoms with Gasteiger partial charge in [0.05, 0.1) is 29.3 Å². The van der Waals surface area contributed by atoms with Crippen LogP contribution in [0.25, 0.3) is 0 Å². The zero-order chi connectivity index (χ0) is 21.3. The summed E-state index contributed by atoms with van der Waals surface area (Å²) in [6.45, 7) is 5.24. The summed E-state index contributed by atoms with van der Waals surface area (Å²) in [7, 11) is 0. The molecule has 1 N–H and O–H groups in total. The minimum atomic E-state index is -2.71. The Morgan fingerprint density at radius 1 is 1.14 bits per heavy atom. The minimum absolute atomic E-state index is 0.292. The molecule has 6 nitrogen and oxygen atoms in total. The molecule has 0 aliphatic heterocycles. The molecule has 2 aromatic heterocycles. The number of hydrogen-bond donors (Lipinski definition) is 1. The molecule has 0 radical (unpaired) electrons. The van der Waals surface area contributed by atoms with Crippen molar-refractivity contribution in [1.82, 2.24) is 19.6 Å². The van der Waals surface area contributed by atoms with Crippen molar-refractivity contribution >= 4 is 34.8 Å². The first-order valence-corrected chi connectivity index (χ1v) is 9.51. The predicted molar refractivity (Wildman–Crippen MR) is 108 cm³/mol. The first kappa shape index (κ1) is 21.3. The van der Waals surface area contributed by atoms with E-state index in [2.05, 4.69) is 15.5 Å². The molecule has 3 rings (SSSR count). The highest BCUT2D eigenvalue weighted by atomic mass is 35.5. The summed E-state index contributed by atoms with van der Waals surface area (Å²) in [5, 5.41) is 12.2. The zero-order valence-electron chi connectivity index (χ0n) is 16.0. The van der Waals surface area contributed by atoms with Gasteiger partial charge >= 0.3 is 0 Å². The number of hydrogen-bond acceptors (Lipinski definition) is 3. The van der Waals surface area contributed by atoms with E-state index in [9.17, 15) is 13.6 Å². The van der Waals surface area contributed by atoms with Crippen molar-refractivity contribution in [2.45, 2.75) is 40.3 Å². The molecule has 0 aliphatic carbocycles. The second kappa shape index (κ2) is 8.51. The number of nitrogens with one attached hydrogen (secondary N) is 1. The molecule has 0 aliphatic rings. The van der Waals surface area contributed by atoms with Gasteiger partial charge in [0.2, 0.25) is 5.91 Å². The molecule has 0 fully saturated rings. The average Bonchev–Trinajstić information content (AvgIpc) is 3.12. The molecule has 154 valence electrons. The standard InChI is InChI=1S/C19H19Cl2F2N5O/c1-10-6-16(19(22)23)28(25-10)9-17(29)24-18-11(2)26-27(12(18)3)8-13-4-5-14(20)7-15(13)21/h4-7,19H,8-9H2,1-3H3,(H,24,29). The molecule has 3 aromatic rings. The second-order valence-corrected chi connectivity index (χ2v) is 7.50. The Labute approximate surface area is 176 Å². The molecule has 0 atom stereocenters. The molecule has 0 saturated carbocycles. The Bertz CT molecular complexity index is 1060. The fourth-order valence-corrected chi connectivity index (χ4v) is 3.49. The highest BCUT2D eigenvalue weighted by Crippen LogP contribution is 2.25. The molecule has 2 heterocycles. The third-order valence-corrected chi connectivity index (χ3v) is 5.02. The van der Waals surface area contributed by atoms with E-state index in [0.29, 0.717) is 39.4 Å². The third kappa shape index (κ3) is 4.76. The maximum Gasteiger partial charge on any atom is 0.280 e. The molecule has 0 saturated heterocycles. The van der Waals surface area contributed by atoms with Gasteiger partial charge < -0.3 is 5.32 Å². The number of rotatable bonds is 6. The average molecular weight is 442 g/mol. The van der Waals surface area contributed by atoms with Crippen molar-refractivity contribution in [3.05, 3.63) is 62.6 Å². The van der Waals surface area contributed by atoms with E-state index in [0.717, 1.165) is 10.2 Å². The third-order valence-electron chi connectivity index (χ3n) is 4.43. The van der Waals surface area contributed by atoms with Crippen LogP contribution in [0.4, 0.5) is 14.5 Å². The van der Waals surface area contributed by atoms with Gasteiger partial charge in [-0.3, -0.25) is 14.2 Å². The molecular weight excluding hydrogens is 423 g/mol.